The second-order valence-corrected chi connectivity index (χ2v) is 3.33. The Kier molecular flexibility index (Phi) is 4.45. The van der Waals surface area contributed by atoms with Crippen molar-refractivity contribution in [2.24, 2.45) is 0 Å². The predicted molar refractivity (Wildman–Crippen MR) is 52.2 cm³/mol. The molecule has 0 fully saturated rings. The van der Waals surface area contributed by atoms with Crippen molar-refractivity contribution < 1.29 is 28.9 Å². The van der Waals surface area contributed by atoms with Crippen LogP contribution < -0.4 is 0 Å². The van der Waals surface area contributed by atoms with Crippen molar-refractivity contribution in [3.8, 4) is 0 Å². The van der Waals surface area contributed by atoms with Crippen molar-refractivity contribution >= 4 is 11.9 Å². The molecule has 1 heterocycles. The fourth-order valence-electron chi connectivity index (χ4n) is 1.27. The standard InChI is InChI=1S/C10H14O6/c1-6(11)14-5-9-8(15-7(2)12)3-4-10(13)16-9/h3-4,8-10,13H,5H2,1-2H3/t8-,9+,10-/m0/s1. The first-order chi connectivity index (χ1) is 7.49. The molecule has 1 aliphatic rings. The van der Waals surface area contributed by atoms with Gasteiger partial charge in [-0.1, -0.05) is 0 Å². The van der Waals surface area contributed by atoms with Gasteiger partial charge in [-0.2, -0.15) is 0 Å². The van der Waals surface area contributed by atoms with Crippen LogP contribution in [0.3, 0.4) is 0 Å². The SMILES string of the molecule is CC(=O)OC[C@H]1O[C@H](O)C=C[C@@H]1OC(C)=O. The number of rotatable bonds is 3. The lowest BCUT2D eigenvalue weighted by atomic mass is 10.1. The van der Waals surface area contributed by atoms with E-state index in [-0.39, 0.29) is 6.61 Å². The number of aliphatic hydroxyl groups excluding tert-OH is 1. The number of ether oxygens (including phenoxy) is 3. The Hall–Kier alpha value is -1.40. The fraction of sp³-hybridized carbons (Fsp3) is 0.600. The minimum absolute atomic E-state index is 0.0747. The van der Waals surface area contributed by atoms with Gasteiger partial charge in [0.2, 0.25) is 0 Å². The summed E-state index contributed by atoms with van der Waals surface area (Å²) in [6.07, 6.45) is 0.446. The molecule has 0 radical (unpaired) electrons. The largest absolute Gasteiger partial charge is 0.463 e. The molecule has 6 heteroatoms. The number of hydrogen-bond donors (Lipinski definition) is 1. The zero-order valence-electron chi connectivity index (χ0n) is 9.08. The van der Waals surface area contributed by atoms with Crippen LogP contribution in [-0.2, 0) is 23.8 Å². The molecule has 0 aromatic carbocycles. The summed E-state index contributed by atoms with van der Waals surface area (Å²) in [5, 5.41) is 9.21. The molecular weight excluding hydrogens is 216 g/mol. The topological polar surface area (TPSA) is 82.1 Å². The van der Waals surface area contributed by atoms with Crippen molar-refractivity contribution in [1.82, 2.24) is 0 Å². The van der Waals surface area contributed by atoms with Gasteiger partial charge < -0.3 is 19.3 Å². The zero-order valence-corrected chi connectivity index (χ0v) is 9.08. The Balaban J connectivity index is 2.58. The Bertz CT molecular complexity index is 298. The molecule has 0 saturated heterocycles. The van der Waals surface area contributed by atoms with E-state index in [1.807, 2.05) is 0 Å². The Morgan fingerprint density at radius 3 is 2.56 bits per heavy atom. The van der Waals surface area contributed by atoms with Gasteiger partial charge >= 0.3 is 11.9 Å². The Labute approximate surface area is 92.8 Å². The Morgan fingerprint density at radius 1 is 1.31 bits per heavy atom. The maximum Gasteiger partial charge on any atom is 0.303 e. The number of aliphatic hydroxyl groups is 1. The molecule has 0 amide bonds. The van der Waals surface area contributed by atoms with Gasteiger partial charge in [0.1, 0.15) is 18.8 Å². The molecule has 0 spiro atoms. The zero-order chi connectivity index (χ0) is 12.1. The first-order valence-corrected chi connectivity index (χ1v) is 4.81. The maximum atomic E-state index is 10.8. The average molecular weight is 230 g/mol. The minimum atomic E-state index is -1.08. The fourth-order valence-corrected chi connectivity index (χ4v) is 1.27. The highest BCUT2D eigenvalue weighted by Gasteiger charge is 2.29. The van der Waals surface area contributed by atoms with Crippen LogP contribution in [0.1, 0.15) is 13.8 Å². The van der Waals surface area contributed by atoms with Crippen LogP contribution in [0, 0.1) is 0 Å². The lowest BCUT2D eigenvalue weighted by Gasteiger charge is -2.29. The van der Waals surface area contributed by atoms with Gasteiger partial charge in [-0.25, -0.2) is 0 Å². The van der Waals surface area contributed by atoms with Gasteiger partial charge in [0.25, 0.3) is 0 Å². The van der Waals surface area contributed by atoms with E-state index in [2.05, 4.69) is 0 Å². The summed E-state index contributed by atoms with van der Waals surface area (Å²) in [5.41, 5.74) is 0. The molecule has 1 aliphatic heterocycles. The van der Waals surface area contributed by atoms with Crippen molar-refractivity contribution in [2.45, 2.75) is 32.3 Å². The summed E-state index contributed by atoms with van der Waals surface area (Å²) in [5.74, 6) is -0.934. The maximum absolute atomic E-state index is 10.8. The monoisotopic (exact) mass is 230 g/mol. The van der Waals surface area contributed by atoms with Gasteiger partial charge in [-0.15, -0.1) is 0 Å². The van der Waals surface area contributed by atoms with Crippen LogP contribution >= 0.6 is 0 Å². The van der Waals surface area contributed by atoms with E-state index in [9.17, 15) is 14.7 Å². The number of hydrogen-bond acceptors (Lipinski definition) is 6. The summed E-state index contributed by atoms with van der Waals surface area (Å²) in [6, 6.07) is 0. The number of carbonyl (C=O) groups is 2. The first kappa shape index (κ1) is 12.7. The highest BCUT2D eigenvalue weighted by molar-refractivity contribution is 5.66. The van der Waals surface area contributed by atoms with E-state index in [1.54, 1.807) is 0 Å². The second kappa shape index (κ2) is 5.62. The van der Waals surface area contributed by atoms with E-state index in [4.69, 9.17) is 14.2 Å². The van der Waals surface area contributed by atoms with Crippen LogP contribution in [0.2, 0.25) is 0 Å². The third-order valence-corrected chi connectivity index (χ3v) is 1.90. The first-order valence-electron chi connectivity index (χ1n) is 4.81. The van der Waals surface area contributed by atoms with E-state index in [1.165, 1.54) is 26.0 Å². The molecule has 16 heavy (non-hydrogen) atoms. The van der Waals surface area contributed by atoms with Gasteiger partial charge in [-0.3, -0.25) is 9.59 Å². The van der Waals surface area contributed by atoms with Gasteiger partial charge in [0.05, 0.1) is 0 Å². The van der Waals surface area contributed by atoms with Crippen LogP contribution in [-0.4, -0.2) is 42.1 Å². The van der Waals surface area contributed by atoms with Crippen LogP contribution in [0.4, 0.5) is 0 Å². The molecule has 90 valence electrons. The smallest absolute Gasteiger partial charge is 0.303 e. The summed E-state index contributed by atoms with van der Waals surface area (Å²) in [6.45, 7) is 2.45. The van der Waals surface area contributed by atoms with Crippen LogP contribution in [0.5, 0.6) is 0 Å². The molecule has 0 aromatic heterocycles. The van der Waals surface area contributed by atoms with E-state index in [0.29, 0.717) is 0 Å². The molecular formula is C10H14O6. The molecule has 0 bridgehead atoms. The van der Waals surface area contributed by atoms with E-state index >= 15 is 0 Å². The molecule has 0 aromatic rings. The third-order valence-electron chi connectivity index (χ3n) is 1.90. The predicted octanol–water partition coefficient (Wildman–Crippen LogP) is -0.245. The highest BCUT2D eigenvalue weighted by Crippen LogP contribution is 2.15. The summed E-state index contributed by atoms with van der Waals surface area (Å²) in [7, 11) is 0. The van der Waals surface area contributed by atoms with Gasteiger partial charge in [0.15, 0.2) is 6.29 Å². The quantitative estimate of drug-likeness (QED) is 0.532. The van der Waals surface area contributed by atoms with Crippen molar-refractivity contribution in [3.05, 3.63) is 12.2 Å². The lowest BCUT2D eigenvalue weighted by molar-refractivity contribution is -0.183. The molecule has 1 N–H and O–H groups in total. The van der Waals surface area contributed by atoms with Crippen molar-refractivity contribution in [3.63, 3.8) is 0 Å². The van der Waals surface area contributed by atoms with Gasteiger partial charge in [0, 0.05) is 13.8 Å². The van der Waals surface area contributed by atoms with E-state index in [0.717, 1.165) is 0 Å². The second-order valence-electron chi connectivity index (χ2n) is 3.33. The number of carbonyl (C=O) groups excluding carboxylic acids is 2. The van der Waals surface area contributed by atoms with Crippen LogP contribution in [0.15, 0.2) is 12.2 Å². The van der Waals surface area contributed by atoms with Crippen LogP contribution in [0.25, 0.3) is 0 Å². The summed E-state index contributed by atoms with van der Waals surface area (Å²) in [4.78, 5) is 21.4. The number of esters is 2. The van der Waals surface area contributed by atoms with Crippen molar-refractivity contribution in [1.29, 1.82) is 0 Å². The molecule has 3 atom stereocenters. The molecule has 0 aliphatic carbocycles. The normalized spacial score (nSPS) is 28.6. The van der Waals surface area contributed by atoms with Crippen molar-refractivity contribution in [2.75, 3.05) is 6.61 Å². The third kappa shape index (κ3) is 4.00. The summed E-state index contributed by atoms with van der Waals surface area (Å²) < 4.78 is 14.7. The molecule has 0 saturated carbocycles. The minimum Gasteiger partial charge on any atom is -0.463 e. The molecule has 6 nitrogen and oxygen atoms in total. The lowest BCUT2D eigenvalue weighted by Crippen LogP contribution is -2.41. The molecule has 0 unspecified atom stereocenters. The summed E-state index contributed by atoms with van der Waals surface area (Å²) >= 11 is 0. The Morgan fingerprint density at radius 2 is 2.00 bits per heavy atom. The van der Waals surface area contributed by atoms with Gasteiger partial charge in [-0.05, 0) is 12.2 Å². The highest BCUT2D eigenvalue weighted by atomic mass is 16.6. The molecule has 1 rings (SSSR count). The average Bonchev–Trinajstić information content (AvgIpc) is 2.17. The van der Waals surface area contributed by atoms with E-state index < -0.39 is 30.4 Å².